The van der Waals surface area contributed by atoms with Crippen LogP contribution in [0.15, 0.2) is 66.7 Å². The molecule has 2 rings (SSSR count). The molecular formula is C21H24O. The Morgan fingerprint density at radius 1 is 0.955 bits per heavy atom. The SMILES string of the molecule is CC(C)(C)[C@H](CC(=O)/C=C/c1ccccc1)c1ccccc1. The topological polar surface area (TPSA) is 17.1 Å². The minimum atomic E-state index is 0.0532. The van der Waals surface area contributed by atoms with Gasteiger partial charge in [0.05, 0.1) is 0 Å². The number of hydrogen-bond acceptors (Lipinski definition) is 1. The van der Waals surface area contributed by atoms with Gasteiger partial charge in [0.15, 0.2) is 5.78 Å². The fraction of sp³-hybridized carbons (Fsp3) is 0.286. The Morgan fingerprint density at radius 2 is 1.50 bits per heavy atom. The van der Waals surface area contributed by atoms with Gasteiger partial charge in [-0.15, -0.1) is 0 Å². The summed E-state index contributed by atoms with van der Waals surface area (Å²) in [5.41, 5.74) is 2.34. The van der Waals surface area contributed by atoms with E-state index < -0.39 is 0 Å². The highest BCUT2D eigenvalue weighted by atomic mass is 16.1. The molecule has 0 bridgehead atoms. The Hall–Kier alpha value is -2.15. The highest BCUT2D eigenvalue weighted by Gasteiger charge is 2.27. The van der Waals surface area contributed by atoms with E-state index in [-0.39, 0.29) is 17.1 Å². The van der Waals surface area contributed by atoms with E-state index >= 15 is 0 Å². The monoisotopic (exact) mass is 292 g/mol. The van der Waals surface area contributed by atoms with Crippen molar-refractivity contribution in [2.24, 2.45) is 5.41 Å². The molecule has 0 aromatic heterocycles. The molecule has 0 aliphatic rings. The Bertz CT molecular complexity index is 618. The van der Waals surface area contributed by atoms with Gasteiger partial charge in [-0.25, -0.2) is 0 Å². The van der Waals surface area contributed by atoms with Crippen LogP contribution in [-0.2, 0) is 4.79 Å². The van der Waals surface area contributed by atoms with Crippen molar-refractivity contribution in [3.63, 3.8) is 0 Å². The van der Waals surface area contributed by atoms with Crippen LogP contribution in [0.1, 0.15) is 44.2 Å². The van der Waals surface area contributed by atoms with E-state index in [2.05, 4.69) is 32.9 Å². The van der Waals surface area contributed by atoms with Gasteiger partial charge in [-0.2, -0.15) is 0 Å². The van der Waals surface area contributed by atoms with E-state index in [1.807, 2.05) is 54.6 Å². The molecule has 114 valence electrons. The molecule has 0 saturated carbocycles. The van der Waals surface area contributed by atoms with Crippen molar-refractivity contribution in [2.75, 3.05) is 0 Å². The molecule has 22 heavy (non-hydrogen) atoms. The fourth-order valence-corrected chi connectivity index (χ4v) is 2.63. The lowest BCUT2D eigenvalue weighted by Crippen LogP contribution is -2.21. The van der Waals surface area contributed by atoms with Crippen LogP contribution in [0, 0.1) is 5.41 Å². The van der Waals surface area contributed by atoms with Gasteiger partial charge in [-0.05, 0) is 28.5 Å². The first-order chi connectivity index (χ1) is 10.5. The Labute approximate surface area is 133 Å². The summed E-state index contributed by atoms with van der Waals surface area (Å²) in [6.07, 6.45) is 4.14. The average molecular weight is 292 g/mol. The van der Waals surface area contributed by atoms with Crippen LogP contribution in [0.5, 0.6) is 0 Å². The van der Waals surface area contributed by atoms with E-state index in [0.29, 0.717) is 6.42 Å². The highest BCUT2D eigenvalue weighted by molar-refractivity contribution is 5.94. The van der Waals surface area contributed by atoms with Gasteiger partial charge >= 0.3 is 0 Å². The molecule has 2 aromatic rings. The van der Waals surface area contributed by atoms with Crippen molar-refractivity contribution in [3.05, 3.63) is 77.9 Å². The number of benzene rings is 2. The molecule has 0 radical (unpaired) electrons. The van der Waals surface area contributed by atoms with E-state index in [4.69, 9.17) is 0 Å². The molecule has 0 saturated heterocycles. The maximum Gasteiger partial charge on any atom is 0.156 e. The second-order valence-electron chi connectivity index (χ2n) is 6.74. The van der Waals surface area contributed by atoms with E-state index in [9.17, 15) is 4.79 Å². The molecule has 0 unspecified atom stereocenters. The maximum atomic E-state index is 12.4. The summed E-state index contributed by atoms with van der Waals surface area (Å²) in [4.78, 5) is 12.4. The van der Waals surface area contributed by atoms with Crippen molar-refractivity contribution < 1.29 is 4.79 Å². The lowest BCUT2D eigenvalue weighted by Gasteiger charge is -2.30. The third kappa shape index (κ3) is 4.70. The molecule has 1 atom stereocenters. The predicted octanol–water partition coefficient (Wildman–Crippen LogP) is 5.49. The summed E-state index contributed by atoms with van der Waals surface area (Å²) in [6, 6.07) is 20.3. The van der Waals surface area contributed by atoms with Gasteiger partial charge in [0.1, 0.15) is 0 Å². The zero-order chi connectivity index (χ0) is 16.0. The van der Waals surface area contributed by atoms with Crippen LogP contribution in [0.2, 0.25) is 0 Å². The van der Waals surface area contributed by atoms with Gasteiger partial charge in [-0.1, -0.05) is 87.5 Å². The minimum Gasteiger partial charge on any atom is -0.295 e. The molecule has 0 N–H and O–H groups in total. The van der Waals surface area contributed by atoms with Gasteiger partial charge in [-0.3, -0.25) is 4.79 Å². The van der Waals surface area contributed by atoms with Crippen molar-refractivity contribution in [2.45, 2.75) is 33.1 Å². The van der Waals surface area contributed by atoms with Crippen LogP contribution < -0.4 is 0 Å². The minimum absolute atomic E-state index is 0.0532. The third-order valence-electron chi connectivity index (χ3n) is 3.91. The third-order valence-corrected chi connectivity index (χ3v) is 3.91. The van der Waals surface area contributed by atoms with E-state index in [1.54, 1.807) is 6.08 Å². The van der Waals surface area contributed by atoms with Crippen molar-refractivity contribution in [1.82, 2.24) is 0 Å². The maximum absolute atomic E-state index is 12.4. The quantitative estimate of drug-likeness (QED) is 0.666. The van der Waals surface area contributed by atoms with Gasteiger partial charge < -0.3 is 0 Å². The molecule has 0 aliphatic carbocycles. The van der Waals surface area contributed by atoms with Crippen LogP contribution in [0.3, 0.4) is 0 Å². The van der Waals surface area contributed by atoms with Crippen LogP contribution >= 0.6 is 0 Å². The second kappa shape index (κ2) is 7.22. The summed E-state index contributed by atoms with van der Waals surface area (Å²) < 4.78 is 0. The smallest absolute Gasteiger partial charge is 0.156 e. The van der Waals surface area contributed by atoms with Gasteiger partial charge in [0.2, 0.25) is 0 Å². The van der Waals surface area contributed by atoms with Gasteiger partial charge in [0, 0.05) is 6.42 Å². The Kier molecular flexibility index (Phi) is 5.32. The van der Waals surface area contributed by atoms with Gasteiger partial charge in [0.25, 0.3) is 0 Å². The Morgan fingerprint density at radius 3 is 2.05 bits per heavy atom. The van der Waals surface area contributed by atoms with Crippen LogP contribution in [-0.4, -0.2) is 5.78 Å². The van der Waals surface area contributed by atoms with Crippen molar-refractivity contribution in [1.29, 1.82) is 0 Å². The first-order valence-corrected chi connectivity index (χ1v) is 7.78. The van der Waals surface area contributed by atoms with Crippen molar-refractivity contribution in [3.8, 4) is 0 Å². The predicted molar refractivity (Wildman–Crippen MR) is 93.7 cm³/mol. The molecule has 0 amide bonds. The number of carbonyl (C=O) groups excluding carboxylic acids is 1. The molecule has 0 fully saturated rings. The summed E-state index contributed by atoms with van der Waals surface area (Å²) in [6.45, 7) is 6.58. The van der Waals surface area contributed by atoms with E-state index in [0.717, 1.165) is 5.56 Å². The fourth-order valence-electron chi connectivity index (χ4n) is 2.63. The second-order valence-corrected chi connectivity index (χ2v) is 6.74. The molecule has 0 heterocycles. The molecule has 1 nitrogen and oxygen atoms in total. The lowest BCUT2D eigenvalue weighted by molar-refractivity contribution is -0.115. The zero-order valence-electron chi connectivity index (χ0n) is 13.6. The lowest BCUT2D eigenvalue weighted by atomic mass is 9.74. The number of allylic oxidation sites excluding steroid dienone is 1. The first-order valence-electron chi connectivity index (χ1n) is 7.78. The number of rotatable bonds is 5. The summed E-state index contributed by atoms with van der Waals surface area (Å²) in [5.74, 6) is 0.397. The molecule has 1 heteroatoms. The van der Waals surface area contributed by atoms with Crippen LogP contribution in [0.25, 0.3) is 6.08 Å². The molecular weight excluding hydrogens is 268 g/mol. The average Bonchev–Trinajstić information content (AvgIpc) is 2.51. The number of hydrogen-bond donors (Lipinski definition) is 0. The first kappa shape index (κ1) is 16.2. The molecule has 0 spiro atoms. The largest absolute Gasteiger partial charge is 0.295 e. The summed E-state index contributed by atoms with van der Waals surface area (Å²) in [7, 11) is 0. The molecule has 0 aliphatic heterocycles. The Balaban J connectivity index is 2.11. The number of carbonyl (C=O) groups is 1. The number of ketones is 1. The van der Waals surface area contributed by atoms with E-state index in [1.165, 1.54) is 5.56 Å². The summed E-state index contributed by atoms with van der Waals surface area (Å²) in [5, 5.41) is 0. The standard InChI is InChI=1S/C21H24O/c1-21(2,3)20(18-12-8-5-9-13-18)16-19(22)15-14-17-10-6-4-7-11-17/h4-15,20H,16H2,1-3H3/b15-14+/t20-/m1/s1. The highest BCUT2D eigenvalue weighted by Crippen LogP contribution is 2.37. The normalized spacial score (nSPS) is 13.2. The van der Waals surface area contributed by atoms with Crippen LogP contribution in [0.4, 0.5) is 0 Å². The summed E-state index contributed by atoms with van der Waals surface area (Å²) >= 11 is 0. The van der Waals surface area contributed by atoms with Crippen molar-refractivity contribution >= 4 is 11.9 Å². The molecule has 2 aromatic carbocycles. The zero-order valence-corrected chi connectivity index (χ0v) is 13.6.